The summed E-state index contributed by atoms with van der Waals surface area (Å²) in [5.74, 6) is -2.34. The number of primary amides is 1. The van der Waals surface area contributed by atoms with Gasteiger partial charge < -0.3 is 31.5 Å². The van der Waals surface area contributed by atoms with Gasteiger partial charge in [0.1, 0.15) is 17.8 Å². The predicted octanol–water partition coefficient (Wildman–Crippen LogP) is 2.18. The monoisotopic (exact) mass is 594 g/mol. The highest BCUT2D eigenvalue weighted by Crippen LogP contribution is 2.23. The summed E-state index contributed by atoms with van der Waals surface area (Å²) in [4.78, 5) is 51.5. The Bertz CT molecular complexity index is 1670. The number of carbonyl (C=O) groups excluding carboxylic acids is 4. The summed E-state index contributed by atoms with van der Waals surface area (Å²) >= 11 is 0. The number of phenolic OH excluding ortho intramolecular Hbond substituents is 1. The Morgan fingerprint density at radius 3 is 2.02 bits per heavy atom. The molecule has 0 saturated carbocycles. The average molecular weight is 595 g/mol. The SMILES string of the molecule is Cc1ccc(C[C@H](NC(=O)C2O[C@@H]2C(=O)NCc2ccc3ccccc3c2)C(=O)N[C@@H](Cc2ccc(O)cc2)C(N)=O)cc1. The molecule has 1 aliphatic rings. The maximum Gasteiger partial charge on any atom is 0.253 e. The molecule has 4 aromatic rings. The van der Waals surface area contributed by atoms with Gasteiger partial charge in [-0.05, 0) is 52.6 Å². The molecule has 6 N–H and O–H groups in total. The molecule has 226 valence electrons. The molecule has 10 heteroatoms. The number of benzene rings is 4. The smallest absolute Gasteiger partial charge is 0.253 e. The zero-order valence-corrected chi connectivity index (χ0v) is 24.2. The third-order valence-electron chi connectivity index (χ3n) is 7.52. The van der Waals surface area contributed by atoms with Gasteiger partial charge in [-0.1, -0.05) is 78.4 Å². The third kappa shape index (κ3) is 7.78. The Kier molecular flexibility index (Phi) is 9.20. The molecule has 4 amide bonds. The van der Waals surface area contributed by atoms with E-state index in [0.29, 0.717) is 5.56 Å². The van der Waals surface area contributed by atoms with Gasteiger partial charge in [0.2, 0.25) is 11.8 Å². The molecule has 1 aliphatic heterocycles. The number of ether oxygens (including phenoxy) is 1. The summed E-state index contributed by atoms with van der Waals surface area (Å²) in [5.41, 5.74) is 8.99. The van der Waals surface area contributed by atoms with Crippen molar-refractivity contribution in [1.29, 1.82) is 0 Å². The van der Waals surface area contributed by atoms with Crippen LogP contribution in [0.4, 0.5) is 0 Å². The normalized spacial score (nSPS) is 16.8. The van der Waals surface area contributed by atoms with Crippen molar-refractivity contribution in [2.24, 2.45) is 5.73 Å². The first-order valence-corrected chi connectivity index (χ1v) is 14.3. The average Bonchev–Trinajstić information content (AvgIpc) is 3.82. The topological polar surface area (TPSA) is 163 Å². The first-order chi connectivity index (χ1) is 21.2. The minimum absolute atomic E-state index is 0.0669. The van der Waals surface area contributed by atoms with Gasteiger partial charge in [0, 0.05) is 19.4 Å². The molecule has 0 spiro atoms. The fraction of sp³-hybridized carbons (Fsp3) is 0.235. The second-order valence-corrected chi connectivity index (χ2v) is 11.0. The summed E-state index contributed by atoms with van der Waals surface area (Å²) in [6.45, 7) is 2.21. The minimum Gasteiger partial charge on any atom is -0.508 e. The Balaban J connectivity index is 1.21. The number of amides is 4. The number of rotatable bonds is 12. The van der Waals surface area contributed by atoms with Crippen molar-refractivity contribution in [3.05, 3.63) is 113 Å². The maximum atomic E-state index is 13.4. The van der Waals surface area contributed by atoms with Crippen LogP contribution >= 0.6 is 0 Å². The van der Waals surface area contributed by atoms with Crippen molar-refractivity contribution in [3.63, 3.8) is 0 Å². The van der Waals surface area contributed by atoms with E-state index in [1.54, 1.807) is 12.1 Å². The first kappa shape index (κ1) is 30.2. The number of nitrogens with two attached hydrogens (primary N) is 1. The summed E-state index contributed by atoms with van der Waals surface area (Å²) in [5, 5.41) is 19.8. The number of epoxide rings is 1. The van der Waals surface area contributed by atoms with Gasteiger partial charge in [-0.25, -0.2) is 0 Å². The van der Waals surface area contributed by atoms with Crippen molar-refractivity contribution >= 4 is 34.4 Å². The fourth-order valence-corrected chi connectivity index (χ4v) is 4.94. The highest BCUT2D eigenvalue weighted by Gasteiger charge is 2.51. The van der Waals surface area contributed by atoms with Crippen LogP contribution in [0.2, 0.25) is 0 Å². The molecule has 10 nitrogen and oxygen atoms in total. The summed E-state index contributed by atoms with van der Waals surface area (Å²) in [6.07, 6.45) is -1.80. The van der Waals surface area contributed by atoms with E-state index in [1.807, 2.05) is 73.7 Å². The van der Waals surface area contributed by atoms with E-state index >= 15 is 0 Å². The molecule has 1 saturated heterocycles. The van der Waals surface area contributed by atoms with E-state index in [-0.39, 0.29) is 25.1 Å². The third-order valence-corrected chi connectivity index (χ3v) is 7.52. The lowest BCUT2D eigenvalue weighted by Gasteiger charge is -2.22. The van der Waals surface area contributed by atoms with E-state index in [0.717, 1.165) is 27.5 Å². The molecule has 1 unspecified atom stereocenters. The highest BCUT2D eigenvalue weighted by molar-refractivity contribution is 5.98. The zero-order chi connectivity index (χ0) is 31.2. The van der Waals surface area contributed by atoms with E-state index in [9.17, 15) is 24.3 Å². The number of hydrogen-bond donors (Lipinski definition) is 5. The van der Waals surface area contributed by atoms with Crippen LogP contribution in [0.3, 0.4) is 0 Å². The Hall–Kier alpha value is -5.22. The quantitative estimate of drug-likeness (QED) is 0.158. The molecular weight excluding hydrogens is 560 g/mol. The fourth-order valence-electron chi connectivity index (χ4n) is 4.94. The van der Waals surface area contributed by atoms with Crippen LogP contribution in [-0.2, 0) is 43.3 Å². The zero-order valence-electron chi connectivity index (χ0n) is 24.2. The summed E-state index contributed by atoms with van der Waals surface area (Å²) < 4.78 is 5.40. The molecular formula is C34H34N4O6. The van der Waals surface area contributed by atoms with Crippen LogP contribution < -0.4 is 21.7 Å². The van der Waals surface area contributed by atoms with Crippen LogP contribution in [0, 0.1) is 6.92 Å². The molecule has 0 aliphatic carbocycles. The van der Waals surface area contributed by atoms with E-state index in [2.05, 4.69) is 16.0 Å². The van der Waals surface area contributed by atoms with E-state index in [4.69, 9.17) is 10.5 Å². The Morgan fingerprint density at radius 2 is 1.34 bits per heavy atom. The lowest BCUT2D eigenvalue weighted by atomic mass is 10.0. The molecule has 0 aromatic heterocycles. The largest absolute Gasteiger partial charge is 0.508 e. The maximum absolute atomic E-state index is 13.4. The molecule has 4 atom stereocenters. The number of aromatic hydroxyl groups is 1. The van der Waals surface area contributed by atoms with Gasteiger partial charge in [0.05, 0.1) is 0 Å². The van der Waals surface area contributed by atoms with Crippen LogP contribution in [-0.4, -0.2) is 53.0 Å². The van der Waals surface area contributed by atoms with E-state index in [1.165, 1.54) is 12.1 Å². The van der Waals surface area contributed by atoms with Crippen molar-refractivity contribution in [3.8, 4) is 5.75 Å². The minimum atomic E-state index is -1.07. The molecule has 1 fully saturated rings. The summed E-state index contributed by atoms with van der Waals surface area (Å²) in [7, 11) is 0. The van der Waals surface area contributed by atoms with Gasteiger partial charge in [-0.2, -0.15) is 0 Å². The van der Waals surface area contributed by atoms with Crippen molar-refractivity contribution in [1.82, 2.24) is 16.0 Å². The summed E-state index contributed by atoms with van der Waals surface area (Å²) in [6, 6.07) is 25.3. The number of carbonyl (C=O) groups is 4. The van der Waals surface area contributed by atoms with Gasteiger partial charge in [0.15, 0.2) is 12.2 Å². The van der Waals surface area contributed by atoms with Crippen LogP contribution in [0.15, 0.2) is 91.0 Å². The van der Waals surface area contributed by atoms with Crippen LogP contribution in [0.25, 0.3) is 10.8 Å². The van der Waals surface area contributed by atoms with Crippen molar-refractivity contribution < 1.29 is 29.0 Å². The number of nitrogens with one attached hydrogen (secondary N) is 3. The van der Waals surface area contributed by atoms with Crippen LogP contribution in [0.5, 0.6) is 5.75 Å². The highest BCUT2D eigenvalue weighted by atomic mass is 16.6. The van der Waals surface area contributed by atoms with Crippen molar-refractivity contribution in [2.45, 2.75) is 50.6 Å². The van der Waals surface area contributed by atoms with Gasteiger partial charge >= 0.3 is 0 Å². The van der Waals surface area contributed by atoms with Gasteiger partial charge in [0.25, 0.3) is 11.8 Å². The molecule has 1 heterocycles. The number of fused-ring (bicyclic) bond motifs is 1. The van der Waals surface area contributed by atoms with Crippen molar-refractivity contribution in [2.75, 3.05) is 0 Å². The van der Waals surface area contributed by atoms with E-state index < -0.39 is 47.9 Å². The first-order valence-electron chi connectivity index (χ1n) is 14.3. The lowest BCUT2D eigenvalue weighted by Crippen LogP contribution is -2.55. The van der Waals surface area contributed by atoms with Crippen LogP contribution in [0.1, 0.15) is 22.3 Å². The molecule has 0 bridgehead atoms. The van der Waals surface area contributed by atoms with Gasteiger partial charge in [-0.3, -0.25) is 19.2 Å². The Morgan fingerprint density at radius 1 is 0.750 bits per heavy atom. The number of hydrogen-bond acceptors (Lipinski definition) is 6. The second kappa shape index (κ2) is 13.4. The number of aryl methyl sites for hydroxylation is 1. The Labute approximate surface area is 254 Å². The van der Waals surface area contributed by atoms with Gasteiger partial charge in [-0.15, -0.1) is 0 Å². The standard InChI is InChI=1S/C34H34N4O6/c1-20-6-8-21(9-7-20)18-28(32(41)37-27(31(35)40)17-22-11-14-26(39)15-12-22)38-34(43)30-29(44-30)33(42)36-19-23-10-13-24-4-2-3-5-25(24)16-23/h2-16,27-30,39H,17-19H2,1H3,(H2,35,40)(H,36,42)(H,37,41)(H,38,43)/t27-,28-,29-,30?/m0/s1. The lowest BCUT2D eigenvalue weighted by molar-refractivity contribution is -0.131. The molecule has 4 aromatic carbocycles. The predicted molar refractivity (Wildman–Crippen MR) is 164 cm³/mol. The molecule has 5 rings (SSSR count). The second-order valence-electron chi connectivity index (χ2n) is 11.0. The number of phenols is 1. The molecule has 44 heavy (non-hydrogen) atoms. The molecule has 0 radical (unpaired) electrons.